The van der Waals surface area contributed by atoms with Crippen molar-refractivity contribution in [2.75, 3.05) is 39.3 Å². The summed E-state index contributed by atoms with van der Waals surface area (Å²) in [5.41, 5.74) is 1.21. The lowest BCUT2D eigenvalue weighted by Crippen LogP contribution is -2.63. The van der Waals surface area contributed by atoms with Crippen molar-refractivity contribution < 1.29 is 0 Å². The Kier molecular flexibility index (Phi) is 4.95. The minimum atomic E-state index is 0.652. The Morgan fingerprint density at radius 1 is 0.846 bits per heavy atom. The molecule has 5 rings (SSSR count). The van der Waals surface area contributed by atoms with Gasteiger partial charge in [0.1, 0.15) is 5.82 Å². The second-order valence-electron chi connectivity index (χ2n) is 8.89. The van der Waals surface area contributed by atoms with E-state index < -0.39 is 0 Å². The zero-order chi connectivity index (χ0) is 17.3. The number of rotatable bonds is 5. The molecule has 0 amide bonds. The lowest BCUT2D eigenvalue weighted by atomic mass is 9.93. The number of piperazine rings is 1. The summed E-state index contributed by atoms with van der Waals surface area (Å²) in [5, 5.41) is 0. The van der Waals surface area contributed by atoms with Gasteiger partial charge >= 0.3 is 0 Å². The van der Waals surface area contributed by atoms with Gasteiger partial charge in [0, 0.05) is 70.0 Å². The smallest absolute Gasteiger partial charge is 0.131 e. The van der Waals surface area contributed by atoms with Crippen LogP contribution < -0.4 is 0 Å². The third kappa shape index (κ3) is 3.80. The van der Waals surface area contributed by atoms with Crippen LogP contribution >= 0.6 is 0 Å². The summed E-state index contributed by atoms with van der Waals surface area (Å²) in [5.74, 6) is 1.73. The zero-order valence-electron chi connectivity index (χ0n) is 16.0. The molecule has 26 heavy (non-hydrogen) atoms. The van der Waals surface area contributed by atoms with Crippen LogP contribution in [0, 0.1) is 0 Å². The van der Waals surface area contributed by atoms with Gasteiger partial charge in [-0.25, -0.2) is 9.97 Å². The van der Waals surface area contributed by atoms with Gasteiger partial charge in [-0.05, 0) is 31.7 Å². The van der Waals surface area contributed by atoms with Gasteiger partial charge in [0.05, 0.1) is 5.69 Å². The summed E-state index contributed by atoms with van der Waals surface area (Å²) in [6, 6.07) is 3.76. The standard InChI is InChI=1S/C21H33N5/c1-2-4-19(5-3-1)25-10-12-26(13-11-25)20-15-24(16-20)14-18-8-9-22-21(23-18)17-6-7-17/h8-9,17,19-20H,1-7,10-16H2. The molecular formula is C21H33N5. The maximum absolute atomic E-state index is 4.78. The molecule has 2 saturated heterocycles. The molecule has 1 aromatic rings. The zero-order valence-corrected chi connectivity index (χ0v) is 16.0. The Morgan fingerprint density at radius 3 is 2.23 bits per heavy atom. The van der Waals surface area contributed by atoms with Crippen LogP contribution in [0.15, 0.2) is 12.3 Å². The molecule has 0 unspecified atom stereocenters. The first-order valence-corrected chi connectivity index (χ1v) is 10.9. The first-order chi connectivity index (χ1) is 12.8. The maximum Gasteiger partial charge on any atom is 0.131 e. The van der Waals surface area contributed by atoms with Crippen molar-refractivity contribution in [2.45, 2.75) is 69.5 Å². The van der Waals surface area contributed by atoms with E-state index in [-0.39, 0.29) is 0 Å². The highest BCUT2D eigenvalue weighted by atomic mass is 15.4. The van der Waals surface area contributed by atoms with E-state index in [4.69, 9.17) is 4.98 Å². The van der Waals surface area contributed by atoms with Crippen LogP contribution in [-0.2, 0) is 6.54 Å². The van der Waals surface area contributed by atoms with Crippen LogP contribution in [0.5, 0.6) is 0 Å². The van der Waals surface area contributed by atoms with Crippen LogP contribution in [0.4, 0.5) is 0 Å². The number of hydrogen-bond donors (Lipinski definition) is 0. The Bertz CT molecular complexity index is 596. The number of aromatic nitrogens is 2. The summed E-state index contributed by atoms with van der Waals surface area (Å²) in [6.45, 7) is 8.55. The van der Waals surface area contributed by atoms with E-state index in [0.717, 1.165) is 24.5 Å². The van der Waals surface area contributed by atoms with Crippen LogP contribution in [-0.4, -0.2) is 76.0 Å². The average molecular weight is 356 g/mol. The predicted molar refractivity (Wildman–Crippen MR) is 103 cm³/mol. The van der Waals surface area contributed by atoms with E-state index in [1.165, 1.54) is 89.9 Å². The highest BCUT2D eigenvalue weighted by Gasteiger charge is 2.35. The number of hydrogen-bond acceptors (Lipinski definition) is 5. The van der Waals surface area contributed by atoms with E-state index in [0.29, 0.717) is 5.92 Å². The lowest BCUT2D eigenvalue weighted by Gasteiger charge is -2.49. The molecule has 5 nitrogen and oxygen atoms in total. The second-order valence-corrected chi connectivity index (χ2v) is 8.89. The number of likely N-dealkylation sites (tertiary alicyclic amines) is 1. The molecule has 2 aliphatic heterocycles. The fraction of sp³-hybridized carbons (Fsp3) is 0.810. The molecule has 142 valence electrons. The van der Waals surface area contributed by atoms with Crippen molar-refractivity contribution >= 4 is 0 Å². The maximum atomic E-state index is 4.78. The van der Waals surface area contributed by atoms with Crippen LogP contribution in [0.3, 0.4) is 0 Å². The van der Waals surface area contributed by atoms with Gasteiger partial charge in [-0.15, -0.1) is 0 Å². The normalized spacial score (nSPS) is 27.5. The molecule has 2 aliphatic carbocycles. The SMILES string of the molecule is c1cc(CN2CC(N3CCN(C4CCCCC4)CC3)C2)nc(C2CC2)n1. The van der Waals surface area contributed by atoms with E-state index in [1.807, 2.05) is 6.20 Å². The fourth-order valence-electron chi connectivity index (χ4n) is 5.08. The van der Waals surface area contributed by atoms with Crippen molar-refractivity contribution in [3.8, 4) is 0 Å². The Morgan fingerprint density at radius 2 is 1.54 bits per heavy atom. The van der Waals surface area contributed by atoms with E-state index in [2.05, 4.69) is 25.8 Å². The van der Waals surface area contributed by atoms with Gasteiger partial charge in [-0.2, -0.15) is 0 Å². The van der Waals surface area contributed by atoms with Crippen molar-refractivity contribution in [1.82, 2.24) is 24.7 Å². The molecule has 5 heteroatoms. The molecule has 4 fully saturated rings. The van der Waals surface area contributed by atoms with Crippen molar-refractivity contribution in [1.29, 1.82) is 0 Å². The third-order valence-electron chi connectivity index (χ3n) is 6.95. The molecular weight excluding hydrogens is 322 g/mol. The molecule has 0 atom stereocenters. The summed E-state index contributed by atoms with van der Waals surface area (Å²) < 4.78 is 0. The fourth-order valence-corrected chi connectivity index (χ4v) is 5.08. The molecule has 0 radical (unpaired) electrons. The largest absolute Gasteiger partial charge is 0.298 e. The summed E-state index contributed by atoms with van der Waals surface area (Å²) in [4.78, 5) is 17.3. The van der Waals surface area contributed by atoms with E-state index in [9.17, 15) is 0 Å². The molecule has 2 saturated carbocycles. The van der Waals surface area contributed by atoms with Gasteiger partial charge in [0.2, 0.25) is 0 Å². The Labute approximate surface area is 157 Å². The quantitative estimate of drug-likeness (QED) is 0.811. The predicted octanol–water partition coefficient (Wildman–Crippen LogP) is 2.49. The van der Waals surface area contributed by atoms with Gasteiger partial charge in [0.25, 0.3) is 0 Å². The Balaban J connectivity index is 1.06. The molecule has 1 aromatic heterocycles. The molecule has 0 aromatic carbocycles. The number of nitrogens with zero attached hydrogens (tertiary/aromatic N) is 5. The van der Waals surface area contributed by atoms with E-state index in [1.54, 1.807) is 0 Å². The van der Waals surface area contributed by atoms with Crippen molar-refractivity contribution in [3.05, 3.63) is 23.8 Å². The highest BCUT2D eigenvalue weighted by Crippen LogP contribution is 2.37. The summed E-state index contributed by atoms with van der Waals surface area (Å²) >= 11 is 0. The van der Waals surface area contributed by atoms with Crippen LogP contribution in [0.2, 0.25) is 0 Å². The van der Waals surface area contributed by atoms with Gasteiger partial charge < -0.3 is 0 Å². The van der Waals surface area contributed by atoms with Crippen molar-refractivity contribution in [2.24, 2.45) is 0 Å². The minimum Gasteiger partial charge on any atom is -0.298 e. The molecule has 0 bridgehead atoms. The highest BCUT2D eigenvalue weighted by molar-refractivity contribution is 5.10. The first kappa shape index (κ1) is 17.1. The van der Waals surface area contributed by atoms with Gasteiger partial charge in [-0.3, -0.25) is 14.7 Å². The second kappa shape index (κ2) is 7.53. The lowest BCUT2D eigenvalue weighted by molar-refractivity contribution is -0.0108. The molecule has 0 N–H and O–H groups in total. The summed E-state index contributed by atoms with van der Waals surface area (Å²) in [6.07, 6.45) is 11.8. The Hall–Kier alpha value is -1.04. The molecule has 3 heterocycles. The monoisotopic (exact) mass is 355 g/mol. The van der Waals surface area contributed by atoms with Crippen LogP contribution in [0.1, 0.15) is 62.4 Å². The summed E-state index contributed by atoms with van der Waals surface area (Å²) in [7, 11) is 0. The third-order valence-corrected chi connectivity index (χ3v) is 6.95. The topological polar surface area (TPSA) is 35.5 Å². The van der Waals surface area contributed by atoms with E-state index >= 15 is 0 Å². The van der Waals surface area contributed by atoms with Crippen LogP contribution in [0.25, 0.3) is 0 Å². The van der Waals surface area contributed by atoms with Gasteiger partial charge in [-0.1, -0.05) is 19.3 Å². The average Bonchev–Trinajstić information content (AvgIpc) is 3.51. The molecule has 4 aliphatic rings. The first-order valence-electron chi connectivity index (χ1n) is 10.9. The minimum absolute atomic E-state index is 0.652. The molecule has 0 spiro atoms. The van der Waals surface area contributed by atoms with Gasteiger partial charge in [0.15, 0.2) is 0 Å². The van der Waals surface area contributed by atoms with Crippen molar-refractivity contribution in [3.63, 3.8) is 0 Å².